The number of piperidine rings is 1. The van der Waals surface area contributed by atoms with E-state index in [0.29, 0.717) is 12.1 Å². The molecule has 1 aromatic rings. The summed E-state index contributed by atoms with van der Waals surface area (Å²) in [5.74, 6) is 0. The van der Waals surface area contributed by atoms with E-state index < -0.39 is 0 Å². The molecular weight excluding hydrogens is 262 g/mol. The zero-order valence-corrected chi connectivity index (χ0v) is 13.9. The molecule has 1 aromatic heterocycles. The minimum Gasteiger partial charge on any atom is -0.378 e. The largest absolute Gasteiger partial charge is 0.378 e. The number of hydrogen-bond donors (Lipinski definition) is 1. The Hall–Kier alpha value is -0.870. The third-order valence-corrected chi connectivity index (χ3v) is 5.82. The van der Waals surface area contributed by atoms with Gasteiger partial charge in [0, 0.05) is 35.4 Å². The fraction of sp³-hybridized carbons (Fsp3) is 0.824. The van der Waals surface area contributed by atoms with E-state index in [0.717, 1.165) is 26.1 Å². The fourth-order valence-electron chi connectivity index (χ4n) is 4.08. The lowest BCUT2D eigenvalue weighted by Crippen LogP contribution is -2.52. The van der Waals surface area contributed by atoms with Crippen LogP contribution in [0, 0.1) is 5.41 Å². The summed E-state index contributed by atoms with van der Waals surface area (Å²) in [4.78, 5) is 4.48. The SMILES string of the molecule is CCOC1CC(n2cncc2C2(C)CCNCC2)C1(C)C. The van der Waals surface area contributed by atoms with Crippen molar-refractivity contribution in [1.29, 1.82) is 0 Å². The highest BCUT2D eigenvalue weighted by molar-refractivity contribution is 5.19. The van der Waals surface area contributed by atoms with Crippen molar-refractivity contribution in [2.75, 3.05) is 19.7 Å². The van der Waals surface area contributed by atoms with Gasteiger partial charge in [0.25, 0.3) is 0 Å². The molecule has 1 aliphatic carbocycles. The molecule has 2 atom stereocenters. The summed E-state index contributed by atoms with van der Waals surface area (Å²) in [6.45, 7) is 12.2. The number of nitrogens with one attached hydrogen (secondary N) is 1. The minimum atomic E-state index is 0.189. The zero-order valence-electron chi connectivity index (χ0n) is 13.9. The van der Waals surface area contributed by atoms with E-state index in [-0.39, 0.29) is 10.8 Å². The monoisotopic (exact) mass is 291 g/mol. The summed E-state index contributed by atoms with van der Waals surface area (Å²) in [5, 5.41) is 3.47. The highest BCUT2D eigenvalue weighted by Crippen LogP contribution is 2.52. The molecule has 2 aliphatic rings. The van der Waals surface area contributed by atoms with Crippen molar-refractivity contribution in [3.05, 3.63) is 18.2 Å². The molecule has 118 valence electrons. The van der Waals surface area contributed by atoms with Crippen LogP contribution < -0.4 is 5.32 Å². The molecule has 2 heterocycles. The van der Waals surface area contributed by atoms with Gasteiger partial charge in [0.1, 0.15) is 0 Å². The van der Waals surface area contributed by atoms with Crippen molar-refractivity contribution in [3.63, 3.8) is 0 Å². The third kappa shape index (κ3) is 2.42. The van der Waals surface area contributed by atoms with Crippen LogP contribution in [0.15, 0.2) is 12.5 Å². The van der Waals surface area contributed by atoms with Crippen molar-refractivity contribution in [2.45, 2.75) is 64.5 Å². The quantitative estimate of drug-likeness (QED) is 0.927. The predicted octanol–water partition coefficient (Wildman–Crippen LogP) is 2.90. The molecule has 0 spiro atoms. The summed E-state index contributed by atoms with van der Waals surface area (Å²) in [6, 6.07) is 0.512. The molecule has 2 unspecified atom stereocenters. The topological polar surface area (TPSA) is 39.1 Å². The van der Waals surface area contributed by atoms with Gasteiger partial charge in [-0.25, -0.2) is 4.98 Å². The normalized spacial score (nSPS) is 30.9. The van der Waals surface area contributed by atoms with Gasteiger partial charge >= 0.3 is 0 Å². The smallest absolute Gasteiger partial charge is 0.0951 e. The van der Waals surface area contributed by atoms with Gasteiger partial charge in [-0.3, -0.25) is 0 Å². The van der Waals surface area contributed by atoms with E-state index in [1.165, 1.54) is 18.5 Å². The molecule has 1 N–H and O–H groups in total. The van der Waals surface area contributed by atoms with Gasteiger partial charge in [-0.1, -0.05) is 20.8 Å². The van der Waals surface area contributed by atoms with E-state index in [2.05, 4.69) is 48.8 Å². The van der Waals surface area contributed by atoms with Crippen LogP contribution in [0.25, 0.3) is 0 Å². The van der Waals surface area contributed by atoms with Crippen molar-refractivity contribution in [2.24, 2.45) is 5.41 Å². The first-order chi connectivity index (χ1) is 9.99. The molecular formula is C17H29N3O. The van der Waals surface area contributed by atoms with Crippen LogP contribution in [0.1, 0.15) is 58.7 Å². The Balaban J connectivity index is 1.84. The molecule has 21 heavy (non-hydrogen) atoms. The van der Waals surface area contributed by atoms with Gasteiger partial charge in [-0.15, -0.1) is 0 Å². The van der Waals surface area contributed by atoms with E-state index in [9.17, 15) is 0 Å². The summed E-state index contributed by atoms with van der Waals surface area (Å²) in [6.07, 6.45) is 8.01. The maximum atomic E-state index is 5.89. The Morgan fingerprint density at radius 2 is 2.05 bits per heavy atom. The zero-order chi connectivity index (χ0) is 15.1. The second kappa shape index (κ2) is 5.40. The number of hydrogen-bond acceptors (Lipinski definition) is 3. The lowest BCUT2D eigenvalue weighted by molar-refractivity contribution is -0.129. The number of ether oxygens (including phenoxy) is 1. The highest BCUT2D eigenvalue weighted by Gasteiger charge is 2.51. The standard InChI is InChI=1S/C17H29N3O/c1-5-21-15-10-13(16(15,2)3)20-12-19-11-14(20)17(4)6-8-18-9-7-17/h11-13,15,18H,5-10H2,1-4H3. The van der Waals surface area contributed by atoms with E-state index in [1.54, 1.807) is 0 Å². The first kappa shape index (κ1) is 15.0. The molecule has 1 saturated heterocycles. The van der Waals surface area contributed by atoms with Gasteiger partial charge in [-0.05, 0) is 39.3 Å². The minimum absolute atomic E-state index is 0.189. The molecule has 4 heteroatoms. The molecule has 0 radical (unpaired) electrons. The summed E-state index contributed by atoms with van der Waals surface area (Å²) >= 11 is 0. The molecule has 3 rings (SSSR count). The van der Waals surface area contributed by atoms with E-state index in [4.69, 9.17) is 4.74 Å². The van der Waals surface area contributed by atoms with Crippen molar-refractivity contribution >= 4 is 0 Å². The van der Waals surface area contributed by atoms with E-state index >= 15 is 0 Å². The number of imidazole rings is 1. The highest BCUT2D eigenvalue weighted by atomic mass is 16.5. The Labute approximate surface area is 128 Å². The third-order valence-electron chi connectivity index (χ3n) is 5.82. The van der Waals surface area contributed by atoms with Crippen LogP contribution in [0.3, 0.4) is 0 Å². The van der Waals surface area contributed by atoms with Gasteiger partial charge in [0.05, 0.1) is 12.4 Å². The molecule has 1 aliphatic heterocycles. The molecule has 1 saturated carbocycles. The Kier molecular flexibility index (Phi) is 3.87. The first-order valence-electron chi connectivity index (χ1n) is 8.33. The molecule has 0 bridgehead atoms. The van der Waals surface area contributed by atoms with Gasteiger partial charge < -0.3 is 14.6 Å². The van der Waals surface area contributed by atoms with Crippen LogP contribution in [0.2, 0.25) is 0 Å². The average Bonchev–Trinajstić information content (AvgIpc) is 2.93. The number of aromatic nitrogens is 2. The number of rotatable bonds is 4. The van der Waals surface area contributed by atoms with Gasteiger partial charge in [0.15, 0.2) is 0 Å². The Morgan fingerprint density at radius 3 is 2.67 bits per heavy atom. The lowest BCUT2D eigenvalue weighted by atomic mass is 9.64. The lowest BCUT2D eigenvalue weighted by Gasteiger charge is -2.53. The maximum Gasteiger partial charge on any atom is 0.0951 e. The number of nitrogens with zero attached hydrogens (tertiary/aromatic N) is 2. The molecule has 4 nitrogen and oxygen atoms in total. The molecule has 0 aromatic carbocycles. The summed E-state index contributed by atoms with van der Waals surface area (Å²) < 4.78 is 8.33. The van der Waals surface area contributed by atoms with Crippen LogP contribution >= 0.6 is 0 Å². The Bertz CT molecular complexity index is 488. The van der Waals surface area contributed by atoms with Crippen LogP contribution in [-0.2, 0) is 10.2 Å². The predicted molar refractivity (Wildman–Crippen MR) is 84.5 cm³/mol. The second-order valence-corrected chi connectivity index (χ2v) is 7.51. The second-order valence-electron chi connectivity index (χ2n) is 7.51. The average molecular weight is 291 g/mol. The summed E-state index contributed by atoms with van der Waals surface area (Å²) in [5.41, 5.74) is 1.86. The van der Waals surface area contributed by atoms with Crippen LogP contribution in [0.4, 0.5) is 0 Å². The fourth-order valence-corrected chi connectivity index (χ4v) is 4.08. The van der Waals surface area contributed by atoms with Gasteiger partial charge in [-0.2, -0.15) is 0 Å². The summed E-state index contributed by atoms with van der Waals surface area (Å²) in [7, 11) is 0. The van der Waals surface area contributed by atoms with Crippen LogP contribution in [0.5, 0.6) is 0 Å². The molecule has 0 amide bonds. The Morgan fingerprint density at radius 1 is 1.33 bits per heavy atom. The van der Waals surface area contributed by atoms with Crippen LogP contribution in [-0.4, -0.2) is 35.4 Å². The van der Waals surface area contributed by atoms with Crippen molar-refractivity contribution in [1.82, 2.24) is 14.9 Å². The van der Waals surface area contributed by atoms with E-state index in [1.807, 2.05) is 6.33 Å². The van der Waals surface area contributed by atoms with Gasteiger partial charge in [0.2, 0.25) is 0 Å². The van der Waals surface area contributed by atoms with Crippen molar-refractivity contribution in [3.8, 4) is 0 Å². The van der Waals surface area contributed by atoms with Crippen molar-refractivity contribution < 1.29 is 4.74 Å². The molecule has 2 fully saturated rings. The first-order valence-corrected chi connectivity index (χ1v) is 8.33. The maximum absolute atomic E-state index is 5.89.